The van der Waals surface area contributed by atoms with Crippen LogP contribution in [-0.2, 0) is 4.74 Å². The van der Waals surface area contributed by atoms with E-state index in [1.807, 2.05) is 0 Å². The van der Waals surface area contributed by atoms with E-state index >= 15 is 0 Å². The van der Waals surface area contributed by atoms with Crippen molar-refractivity contribution in [2.24, 2.45) is 5.92 Å². The average Bonchev–Trinajstić information content (AvgIpc) is 3.20. The molecule has 1 N–H and O–H groups in total. The van der Waals surface area contributed by atoms with Gasteiger partial charge in [0.05, 0.1) is 0 Å². The van der Waals surface area contributed by atoms with Gasteiger partial charge in [-0.05, 0) is 43.4 Å². The fourth-order valence-corrected chi connectivity index (χ4v) is 1.65. The number of rotatable bonds is 7. The van der Waals surface area contributed by atoms with Gasteiger partial charge in [0.15, 0.2) is 11.6 Å². The van der Waals surface area contributed by atoms with E-state index in [4.69, 9.17) is 4.74 Å². The first-order valence-electron chi connectivity index (χ1n) is 6.48. The van der Waals surface area contributed by atoms with E-state index in [2.05, 4.69) is 5.32 Å². The highest BCUT2D eigenvalue weighted by Crippen LogP contribution is 2.28. The van der Waals surface area contributed by atoms with Gasteiger partial charge in [-0.15, -0.1) is 0 Å². The minimum atomic E-state index is -1.01. The summed E-state index contributed by atoms with van der Waals surface area (Å²) in [5.41, 5.74) is 0.123. The van der Waals surface area contributed by atoms with Gasteiger partial charge < -0.3 is 10.1 Å². The van der Waals surface area contributed by atoms with E-state index in [1.165, 1.54) is 18.9 Å². The van der Waals surface area contributed by atoms with Crippen molar-refractivity contribution < 1.29 is 18.3 Å². The van der Waals surface area contributed by atoms with Crippen LogP contribution in [-0.4, -0.2) is 25.7 Å². The summed E-state index contributed by atoms with van der Waals surface area (Å²) in [6, 6.07) is 3.11. The van der Waals surface area contributed by atoms with Crippen LogP contribution in [0.15, 0.2) is 18.2 Å². The SMILES string of the molecule is O=C(NCCCOCC1CC1)c1ccc(F)c(F)c1. The van der Waals surface area contributed by atoms with E-state index in [1.54, 1.807) is 0 Å². The summed E-state index contributed by atoms with van der Waals surface area (Å²) in [5, 5.41) is 2.64. The zero-order valence-electron chi connectivity index (χ0n) is 10.6. The van der Waals surface area contributed by atoms with Crippen molar-refractivity contribution in [3.8, 4) is 0 Å². The lowest BCUT2D eigenvalue weighted by Crippen LogP contribution is -2.25. The van der Waals surface area contributed by atoms with Gasteiger partial charge in [0.2, 0.25) is 0 Å². The van der Waals surface area contributed by atoms with Gasteiger partial charge in [-0.1, -0.05) is 0 Å². The molecular weight excluding hydrogens is 252 g/mol. The minimum Gasteiger partial charge on any atom is -0.381 e. The molecule has 0 heterocycles. The third-order valence-electron chi connectivity index (χ3n) is 2.98. The first-order chi connectivity index (χ1) is 9.16. The van der Waals surface area contributed by atoms with Crippen molar-refractivity contribution in [2.45, 2.75) is 19.3 Å². The van der Waals surface area contributed by atoms with Crippen molar-refractivity contribution >= 4 is 5.91 Å². The standard InChI is InChI=1S/C14H17F2NO2/c15-12-5-4-11(8-13(12)16)14(18)17-6-1-7-19-9-10-2-3-10/h4-5,8,10H,1-3,6-7,9H2,(H,17,18). The van der Waals surface area contributed by atoms with Crippen LogP contribution in [0.4, 0.5) is 8.78 Å². The molecule has 1 saturated carbocycles. The normalized spacial score (nSPS) is 14.4. The van der Waals surface area contributed by atoms with Crippen LogP contribution in [0.2, 0.25) is 0 Å². The molecule has 5 heteroatoms. The maximum atomic E-state index is 12.9. The Morgan fingerprint density at radius 1 is 1.32 bits per heavy atom. The monoisotopic (exact) mass is 269 g/mol. The molecule has 0 saturated heterocycles. The van der Waals surface area contributed by atoms with E-state index in [0.717, 1.165) is 24.7 Å². The van der Waals surface area contributed by atoms with Gasteiger partial charge in [0.1, 0.15) is 0 Å². The van der Waals surface area contributed by atoms with Crippen LogP contribution < -0.4 is 5.32 Å². The van der Waals surface area contributed by atoms with Crippen LogP contribution in [0.3, 0.4) is 0 Å². The molecule has 0 unspecified atom stereocenters. The van der Waals surface area contributed by atoms with E-state index in [0.29, 0.717) is 19.6 Å². The van der Waals surface area contributed by atoms with Crippen LogP contribution >= 0.6 is 0 Å². The first kappa shape index (κ1) is 13.9. The van der Waals surface area contributed by atoms with Crippen LogP contribution in [0, 0.1) is 17.6 Å². The number of hydrogen-bond acceptors (Lipinski definition) is 2. The number of carbonyl (C=O) groups excluding carboxylic acids is 1. The highest BCUT2D eigenvalue weighted by molar-refractivity contribution is 5.94. The smallest absolute Gasteiger partial charge is 0.251 e. The van der Waals surface area contributed by atoms with Gasteiger partial charge in [-0.25, -0.2) is 8.78 Å². The molecule has 1 aliphatic carbocycles. The summed E-state index contributed by atoms with van der Waals surface area (Å²) in [6.07, 6.45) is 3.22. The number of nitrogens with one attached hydrogen (secondary N) is 1. The van der Waals surface area contributed by atoms with Crippen molar-refractivity contribution in [1.29, 1.82) is 0 Å². The summed E-state index contributed by atoms with van der Waals surface area (Å²) < 4.78 is 31.1. The maximum Gasteiger partial charge on any atom is 0.251 e. The predicted molar refractivity (Wildman–Crippen MR) is 66.9 cm³/mol. The molecule has 0 spiro atoms. The van der Waals surface area contributed by atoms with Gasteiger partial charge >= 0.3 is 0 Å². The van der Waals surface area contributed by atoms with Crippen molar-refractivity contribution in [1.82, 2.24) is 5.32 Å². The number of amides is 1. The number of benzene rings is 1. The van der Waals surface area contributed by atoms with E-state index < -0.39 is 17.5 Å². The molecule has 2 rings (SSSR count). The van der Waals surface area contributed by atoms with Crippen LogP contribution in [0.1, 0.15) is 29.6 Å². The summed E-state index contributed by atoms with van der Waals surface area (Å²) in [7, 11) is 0. The highest BCUT2D eigenvalue weighted by atomic mass is 19.2. The van der Waals surface area contributed by atoms with Crippen molar-refractivity contribution in [3.05, 3.63) is 35.4 Å². The molecule has 3 nitrogen and oxygen atoms in total. The Hall–Kier alpha value is -1.49. The Kier molecular flexibility index (Phi) is 4.85. The topological polar surface area (TPSA) is 38.3 Å². The quantitative estimate of drug-likeness (QED) is 0.772. The Labute approximate surface area is 111 Å². The van der Waals surface area contributed by atoms with Crippen molar-refractivity contribution in [3.63, 3.8) is 0 Å². The third-order valence-corrected chi connectivity index (χ3v) is 2.98. The third kappa shape index (κ3) is 4.59. The lowest BCUT2D eigenvalue weighted by Gasteiger charge is -2.06. The second-order valence-electron chi connectivity index (χ2n) is 4.76. The zero-order valence-corrected chi connectivity index (χ0v) is 10.6. The van der Waals surface area contributed by atoms with E-state index in [-0.39, 0.29) is 5.56 Å². The largest absolute Gasteiger partial charge is 0.381 e. The summed E-state index contributed by atoms with van der Waals surface area (Å²) in [5.74, 6) is -1.64. The maximum absolute atomic E-state index is 12.9. The molecule has 104 valence electrons. The Morgan fingerprint density at radius 2 is 2.11 bits per heavy atom. The average molecular weight is 269 g/mol. The van der Waals surface area contributed by atoms with Gasteiger partial charge in [0, 0.05) is 25.3 Å². The van der Waals surface area contributed by atoms with Gasteiger partial charge in [-0.2, -0.15) is 0 Å². The second kappa shape index (κ2) is 6.61. The Balaban J connectivity index is 1.63. The number of carbonyl (C=O) groups is 1. The molecule has 19 heavy (non-hydrogen) atoms. The molecule has 1 aromatic carbocycles. The number of hydrogen-bond donors (Lipinski definition) is 1. The molecule has 0 radical (unpaired) electrons. The molecule has 0 atom stereocenters. The molecule has 0 bridgehead atoms. The number of halogens is 2. The molecule has 1 aliphatic rings. The van der Waals surface area contributed by atoms with Crippen LogP contribution in [0.5, 0.6) is 0 Å². The second-order valence-corrected chi connectivity index (χ2v) is 4.76. The minimum absolute atomic E-state index is 0.123. The molecule has 0 aromatic heterocycles. The van der Waals surface area contributed by atoms with E-state index in [9.17, 15) is 13.6 Å². The Morgan fingerprint density at radius 3 is 2.79 bits per heavy atom. The Bertz CT molecular complexity index is 447. The number of ether oxygens (including phenoxy) is 1. The molecule has 0 aliphatic heterocycles. The highest BCUT2D eigenvalue weighted by Gasteiger charge is 2.20. The molecule has 1 amide bonds. The van der Waals surface area contributed by atoms with Gasteiger partial charge in [-0.3, -0.25) is 4.79 Å². The molecule has 1 fully saturated rings. The summed E-state index contributed by atoms with van der Waals surface area (Å²) >= 11 is 0. The summed E-state index contributed by atoms with van der Waals surface area (Å²) in [6.45, 7) is 1.87. The molecule has 1 aromatic rings. The lowest BCUT2D eigenvalue weighted by atomic mass is 10.2. The zero-order chi connectivity index (χ0) is 13.7. The van der Waals surface area contributed by atoms with Gasteiger partial charge in [0.25, 0.3) is 5.91 Å². The molecular formula is C14H17F2NO2. The van der Waals surface area contributed by atoms with Crippen LogP contribution in [0.25, 0.3) is 0 Å². The lowest BCUT2D eigenvalue weighted by molar-refractivity contribution is 0.0937. The fraction of sp³-hybridized carbons (Fsp3) is 0.500. The predicted octanol–water partition coefficient (Wildman–Crippen LogP) is 2.51. The summed E-state index contributed by atoms with van der Waals surface area (Å²) in [4.78, 5) is 11.6. The fourth-order valence-electron chi connectivity index (χ4n) is 1.65. The first-order valence-corrected chi connectivity index (χ1v) is 6.48. The van der Waals surface area contributed by atoms with Crippen molar-refractivity contribution in [2.75, 3.05) is 19.8 Å².